The van der Waals surface area contributed by atoms with Gasteiger partial charge in [0.05, 0.1) is 0 Å². The minimum atomic E-state index is -0.504. The Labute approximate surface area is 60.6 Å². The molecule has 0 unspecified atom stereocenters. The third kappa shape index (κ3) is 1.36. The molecule has 9 heavy (non-hydrogen) atoms. The minimum Gasteiger partial charge on any atom is -0.295 e. The van der Waals surface area contributed by atoms with Gasteiger partial charge in [-0.2, -0.15) is 0 Å². The van der Waals surface area contributed by atoms with E-state index in [0.29, 0.717) is 13.1 Å². The molecule has 0 atom stereocenters. The van der Waals surface area contributed by atoms with E-state index in [4.69, 9.17) is 0 Å². The van der Waals surface area contributed by atoms with Gasteiger partial charge >= 0.3 is 0 Å². The fourth-order valence-electron chi connectivity index (χ4n) is 1.19. The van der Waals surface area contributed by atoms with Crippen molar-refractivity contribution in [3.8, 4) is 0 Å². The van der Waals surface area contributed by atoms with E-state index in [2.05, 4.69) is 4.90 Å². The van der Waals surface area contributed by atoms with Crippen molar-refractivity contribution < 1.29 is 4.39 Å². The predicted octanol–water partition coefficient (Wildman–Crippen LogP) is 1.22. The first-order chi connectivity index (χ1) is 3.86. The molecule has 0 spiro atoms. The van der Waals surface area contributed by atoms with Gasteiger partial charge in [0.2, 0.25) is 0 Å². The van der Waals surface area contributed by atoms with Gasteiger partial charge in [-0.15, -0.1) is 12.4 Å². The number of nitrogens with zero attached hydrogens (tertiary/aromatic N) is 1. The number of likely N-dealkylation sites (tertiary alicyclic amines) is 1. The van der Waals surface area contributed by atoms with Gasteiger partial charge < -0.3 is 0 Å². The molecule has 1 saturated heterocycles. The highest BCUT2D eigenvalue weighted by Gasteiger charge is 2.37. The van der Waals surface area contributed by atoms with Gasteiger partial charge in [-0.3, -0.25) is 4.90 Å². The highest BCUT2D eigenvalue weighted by atomic mass is 35.5. The van der Waals surface area contributed by atoms with Crippen LogP contribution in [0.2, 0.25) is 0 Å². The van der Waals surface area contributed by atoms with Crippen LogP contribution in [0.4, 0.5) is 4.39 Å². The lowest BCUT2D eigenvalue weighted by atomic mass is 10.2. The first-order valence-electron chi connectivity index (χ1n) is 3.24. The number of hydrogen-bond donors (Lipinski definition) is 0. The van der Waals surface area contributed by atoms with Gasteiger partial charge in [0.25, 0.3) is 0 Å². The van der Waals surface area contributed by atoms with Crippen molar-refractivity contribution in [3.63, 3.8) is 0 Å². The monoisotopic (exact) mass is 151 g/mol. The maximum atomic E-state index is 12.1. The van der Waals surface area contributed by atoms with Crippen molar-refractivity contribution in [1.29, 1.82) is 0 Å². The van der Waals surface area contributed by atoms with Crippen LogP contribution in [0.15, 0.2) is 0 Å². The van der Waals surface area contributed by atoms with Crippen LogP contribution in [0.1, 0.15) is 12.8 Å². The van der Waals surface area contributed by atoms with Crippen LogP contribution in [-0.4, -0.2) is 30.2 Å². The Bertz CT molecular complexity index is 99.2. The molecule has 0 aromatic carbocycles. The van der Waals surface area contributed by atoms with Crippen LogP contribution in [0.25, 0.3) is 0 Å². The summed E-state index contributed by atoms with van der Waals surface area (Å²) in [5, 5.41) is 0. The molecule has 0 aromatic heterocycles. The molecular weight excluding hydrogens is 141 g/mol. The van der Waals surface area contributed by atoms with Crippen molar-refractivity contribution in [3.05, 3.63) is 0 Å². The summed E-state index contributed by atoms with van der Waals surface area (Å²) in [7, 11) is 0. The maximum absolute atomic E-state index is 12.1. The van der Waals surface area contributed by atoms with Gasteiger partial charge in [-0.25, -0.2) is 4.39 Å². The van der Waals surface area contributed by atoms with Crippen molar-refractivity contribution in [2.75, 3.05) is 13.1 Å². The average molecular weight is 152 g/mol. The Kier molecular flexibility index (Phi) is 1.97. The van der Waals surface area contributed by atoms with E-state index >= 15 is 0 Å². The van der Waals surface area contributed by atoms with Crippen LogP contribution in [0.3, 0.4) is 0 Å². The standard InChI is InChI=1S/C6H10FN.ClH/c7-5-3-8(4-5)6-1-2-6;/h5-6H,1-4H2;1H. The summed E-state index contributed by atoms with van der Waals surface area (Å²) in [4.78, 5) is 2.23. The molecule has 1 nitrogen and oxygen atoms in total. The smallest absolute Gasteiger partial charge is 0.125 e. The Hall–Kier alpha value is 0.180. The second-order valence-corrected chi connectivity index (χ2v) is 2.78. The Morgan fingerprint density at radius 1 is 1.22 bits per heavy atom. The maximum Gasteiger partial charge on any atom is 0.125 e. The van der Waals surface area contributed by atoms with Gasteiger partial charge in [0.1, 0.15) is 6.17 Å². The summed E-state index contributed by atoms with van der Waals surface area (Å²) < 4.78 is 12.1. The number of rotatable bonds is 1. The SMILES string of the molecule is Cl.FC1CN(C2CC2)C1. The summed E-state index contributed by atoms with van der Waals surface area (Å²) in [5.41, 5.74) is 0. The molecule has 1 aliphatic carbocycles. The molecule has 0 bridgehead atoms. The fraction of sp³-hybridized carbons (Fsp3) is 1.00. The molecule has 1 aliphatic heterocycles. The minimum absolute atomic E-state index is 0. The third-order valence-corrected chi connectivity index (χ3v) is 1.93. The van der Waals surface area contributed by atoms with Gasteiger partial charge in [-0.05, 0) is 12.8 Å². The summed E-state index contributed by atoms with van der Waals surface area (Å²) >= 11 is 0. The molecule has 1 saturated carbocycles. The summed E-state index contributed by atoms with van der Waals surface area (Å²) in [6, 6.07) is 0.780. The molecule has 0 radical (unpaired) electrons. The van der Waals surface area contributed by atoms with Crippen LogP contribution in [0, 0.1) is 0 Å². The second kappa shape index (κ2) is 2.43. The molecule has 3 heteroatoms. The van der Waals surface area contributed by atoms with E-state index in [1.165, 1.54) is 12.8 Å². The Balaban J connectivity index is 0.000000405. The molecule has 2 fully saturated rings. The summed E-state index contributed by atoms with van der Waals surface area (Å²) in [6.45, 7) is 1.43. The number of halogens is 2. The topological polar surface area (TPSA) is 3.24 Å². The molecule has 54 valence electrons. The zero-order chi connectivity index (χ0) is 5.56. The van der Waals surface area contributed by atoms with Crippen molar-refractivity contribution in [1.82, 2.24) is 4.90 Å². The largest absolute Gasteiger partial charge is 0.295 e. The predicted molar refractivity (Wildman–Crippen MR) is 36.7 cm³/mol. The lowest BCUT2D eigenvalue weighted by Gasteiger charge is -2.34. The normalized spacial score (nSPS) is 29.0. The first kappa shape index (κ1) is 7.29. The van der Waals surface area contributed by atoms with E-state index in [9.17, 15) is 4.39 Å². The Morgan fingerprint density at radius 3 is 2.11 bits per heavy atom. The zero-order valence-electron chi connectivity index (χ0n) is 5.22. The van der Waals surface area contributed by atoms with E-state index < -0.39 is 6.17 Å². The molecule has 2 aliphatic rings. The van der Waals surface area contributed by atoms with Crippen molar-refractivity contribution >= 4 is 12.4 Å². The lowest BCUT2D eigenvalue weighted by molar-refractivity contribution is 0.0586. The summed E-state index contributed by atoms with van der Waals surface area (Å²) in [6.07, 6.45) is 2.12. The molecule has 2 rings (SSSR count). The highest BCUT2D eigenvalue weighted by molar-refractivity contribution is 5.85. The van der Waals surface area contributed by atoms with Crippen molar-refractivity contribution in [2.45, 2.75) is 25.1 Å². The lowest BCUT2D eigenvalue weighted by Crippen LogP contribution is -2.49. The number of alkyl halides is 1. The van der Waals surface area contributed by atoms with Crippen LogP contribution in [0.5, 0.6) is 0 Å². The average Bonchev–Trinajstić information content (AvgIpc) is 2.37. The Morgan fingerprint density at radius 2 is 1.78 bits per heavy atom. The van der Waals surface area contributed by atoms with Crippen LogP contribution < -0.4 is 0 Å². The first-order valence-corrected chi connectivity index (χ1v) is 3.24. The van der Waals surface area contributed by atoms with E-state index in [1.807, 2.05) is 0 Å². The second-order valence-electron chi connectivity index (χ2n) is 2.78. The molecule has 1 heterocycles. The van der Waals surface area contributed by atoms with Gasteiger partial charge in [0, 0.05) is 19.1 Å². The zero-order valence-corrected chi connectivity index (χ0v) is 6.03. The van der Waals surface area contributed by atoms with Gasteiger partial charge in [-0.1, -0.05) is 0 Å². The summed E-state index contributed by atoms with van der Waals surface area (Å²) in [5.74, 6) is 0. The van der Waals surface area contributed by atoms with E-state index in [0.717, 1.165) is 6.04 Å². The fourth-order valence-corrected chi connectivity index (χ4v) is 1.19. The van der Waals surface area contributed by atoms with E-state index in [1.54, 1.807) is 0 Å². The molecule has 0 N–H and O–H groups in total. The van der Waals surface area contributed by atoms with Crippen molar-refractivity contribution in [2.24, 2.45) is 0 Å². The van der Waals surface area contributed by atoms with Crippen LogP contribution in [-0.2, 0) is 0 Å². The van der Waals surface area contributed by atoms with E-state index in [-0.39, 0.29) is 12.4 Å². The molecular formula is C6H11ClFN. The number of hydrogen-bond acceptors (Lipinski definition) is 1. The van der Waals surface area contributed by atoms with Gasteiger partial charge in [0.15, 0.2) is 0 Å². The molecule has 0 amide bonds. The quantitative estimate of drug-likeness (QED) is 0.545. The van der Waals surface area contributed by atoms with Crippen LogP contribution >= 0.6 is 12.4 Å². The third-order valence-electron chi connectivity index (χ3n) is 1.93. The highest BCUT2D eigenvalue weighted by Crippen LogP contribution is 2.31. The molecule has 0 aromatic rings.